The Morgan fingerprint density at radius 1 is 1.00 bits per heavy atom. The minimum absolute atomic E-state index is 0.970. The van der Waals surface area contributed by atoms with Gasteiger partial charge in [-0.2, -0.15) is 0 Å². The van der Waals surface area contributed by atoms with Gasteiger partial charge < -0.3 is 0 Å². The van der Waals surface area contributed by atoms with E-state index in [0.717, 1.165) is 10.7 Å². The summed E-state index contributed by atoms with van der Waals surface area (Å²) < 4.78 is 0. The zero-order valence-corrected chi connectivity index (χ0v) is 4.78. The Kier molecular flexibility index (Phi) is 0.888. The van der Waals surface area contributed by atoms with E-state index in [1.807, 2.05) is 19.2 Å². The van der Waals surface area contributed by atoms with Crippen LogP contribution in [0.1, 0.15) is 0 Å². The van der Waals surface area contributed by atoms with Crippen molar-refractivity contribution in [3.05, 3.63) is 23.1 Å². The first kappa shape index (κ1) is 4.73. The molecule has 0 spiro atoms. The summed E-state index contributed by atoms with van der Waals surface area (Å²) in [7, 11) is 1.95. The molecular formula is C6H4BN2. The molecule has 0 atom stereocenters. The Hall–Kier alpha value is -1.12. The number of nitrogens with zero attached hydrogens (tertiary/aromatic N) is 2. The fraction of sp³-hybridized carbons (Fsp3) is 0. The van der Waals surface area contributed by atoms with Crippen molar-refractivity contribution in [3.8, 4) is 0 Å². The molecule has 0 N–H and O–H groups in total. The summed E-state index contributed by atoms with van der Waals surface area (Å²) in [4.78, 5) is 8.16. The van der Waals surface area contributed by atoms with Gasteiger partial charge in [0.05, 0.1) is 10.7 Å². The lowest BCUT2D eigenvalue weighted by Crippen LogP contribution is -2.27. The van der Waals surface area contributed by atoms with Gasteiger partial charge in [0.2, 0.25) is 0 Å². The molecule has 1 aromatic heterocycles. The summed E-state index contributed by atoms with van der Waals surface area (Å²) in [5.74, 6) is 3.89. The van der Waals surface area contributed by atoms with Crippen LogP contribution >= 0.6 is 0 Å². The molecule has 1 aliphatic heterocycles. The quantitative estimate of drug-likeness (QED) is 0.391. The summed E-state index contributed by atoms with van der Waals surface area (Å²) in [6.45, 7) is 0. The average molecular weight is 115 g/mol. The van der Waals surface area contributed by atoms with E-state index in [2.05, 4.69) is 9.97 Å². The zero-order chi connectivity index (χ0) is 6.10. The van der Waals surface area contributed by atoms with Crippen molar-refractivity contribution in [2.45, 2.75) is 0 Å². The highest BCUT2D eigenvalue weighted by Gasteiger charge is 1.92. The van der Waals surface area contributed by atoms with Crippen molar-refractivity contribution in [2.24, 2.45) is 0 Å². The lowest BCUT2D eigenvalue weighted by molar-refractivity contribution is 1.11. The number of hydrogen-bond acceptors (Lipinski definition) is 2. The first-order valence-corrected chi connectivity index (χ1v) is 2.79. The van der Waals surface area contributed by atoms with E-state index in [1.54, 1.807) is 12.4 Å². The van der Waals surface area contributed by atoms with E-state index in [-0.39, 0.29) is 0 Å². The highest BCUT2D eigenvalue weighted by Crippen LogP contribution is 1.70. The van der Waals surface area contributed by atoms with Gasteiger partial charge in [0.1, 0.15) is 0 Å². The van der Waals surface area contributed by atoms with Gasteiger partial charge in [-0.25, -0.2) is 0 Å². The van der Waals surface area contributed by atoms with Crippen molar-refractivity contribution < 1.29 is 0 Å². The molecule has 2 nitrogen and oxygen atoms in total. The second kappa shape index (κ2) is 1.69. The van der Waals surface area contributed by atoms with E-state index in [1.165, 1.54) is 0 Å². The summed E-state index contributed by atoms with van der Waals surface area (Å²) >= 11 is 0. The fourth-order valence-corrected chi connectivity index (χ4v) is 0.847. The number of fused-ring (bicyclic) bond motifs is 1. The van der Waals surface area contributed by atoms with E-state index >= 15 is 0 Å². The number of aromatic nitrogens is 2. The first-order valence-electron chi connectivity index (χ1n) is 2.79. The smallest absolute Gasteiger partial charge is 0.177 e. The Bertz CT molecular complexity index is 298. The predicted molar refractivity (Wildman–Crippen MR) is 36.0 cm³/mol. The molecule has 41 valence electrons. The molecule has 1 radical (unpaired) electrons. The monoisotopic (exact) mass is 115 g/mol. The molecule has 0 saturated heterocycles. The third-order valence-electron chi connectivity index (χ3n) is 1.26. The van der Waals surface area contributed by atoms with Gasteiger partial charge >= 0.3 is 0 Å². The molecule has 0 aromatic carbocycles. The van der Waals surface area contributed by atoms with Gasteiger partial charge in [-0.3, -0.25) is 9.97 Å². The lowest BCUT2D eigenvalue weighted by Gasteiger charge is -1.79. The Balaban J connectivity index is 2.97. The minimum atomic E-state index is 0.970. The summed E-state index contributed by atoms with van der Waals surface area (Å²) in [6.07, 6.45) is 3.39. The highest BCUT2D eigenvalue weighted by atomic mass is 14.8. The van der Waals surface area contributed by atoms with Gasteiger partial charge in [0, 0.05) is 12.4 Å². The Morgan fingerprint density at radius 2 is 1.56 bits per heavy atom. The molecule has 2 rings (SSSR count). The average Bonchev–Trinajstić information content (AvgIpc) is 2.33. The first-order chi connectivity index (χ1) is 4.47. The van der Waals surface area contributed by atoms with Crippen LogP contribution in [0.15, 0.2) is 12.4 Å². The number of hydrogen-bond donors (Lipinski definition) is 0. The molecule has 1 aliphatic rings. The summed E-state index contributed by atoms with van der Waals surface area (Å²) in [5, 5.41) is 1.94. The Morgan fingerprint density at radius 3 is 2.11 bits per heavy atom. The van der Waals surface area contributed by atoms with E-state index in [9.17, 15) is 0 Å². The van der Waals surface area contributed by atoms with Crippen LogP contribution in [0.25, 0.3) is 12.0 Å². The van der Waals surface area contributed by atoms with Gasteiger partial charge in [0.25, 0.3) is 0 Å². The van der Waals surface area contributed by atoms with Gasteiger partial charge in [-0.1, -0.05) is 12.0 Å². The molecule has 2 heterocycles. The predicted octanol–water partition coefficient (Wildman–Crippen LogP) is -1.33. The standard InChI is InChI=1S/C6H4BN2/c1-2-9-6-4-7-3-5(6)8-1/h1-4H. The van der Waals surface area contributed by atoms with E-state index in [0.29, 0.717) is 0 Å². The molecule has 0 amide bonds. The molecule has 0 saturated carbocycles. The summed E-state index contributed by atoms with van der Waals surface area (Å²) in [6, 6.07) is 0. The van der Waals surface area contributed by atoms with Gasteiger partial charge in [-0.15, -0.1) is 0 Å². The van der Waals surface area contributed by atoms with Crippen molar-refractivity contribution in [2.75, 3.05) is 0 Å². The molecule has 0 aliphatic carbocycles. The maximum atomic E-state index is 4.08. The second-order valence-electron chi connectivity index (χ2n) is 1.85. The van der Waals surface area contributed by atoms with Crippen LogP contribution in [0.3, 0.4) is 0 Å². The third-order valence-corrected chi connectivity index (χ3v) is 1.26. The van der Waals surface area contributed by atoms with Gasteiger partial charge in [0.15, 0.2) is 7.28 Å². The molecule has 1 aromatic rings. The van der Waals surface area contributed by atoms with Crippen LogP contribution in [0.4, 0.5) is 0 Å². The van der Waals surface area contributed by atoms with Crippen LogP contribution in [0.2, 0.25) is 0 Å². The molecule has 0 unspecified atom stereocenters. The van der Waals surface area contributed by atoms with Crippen molar-refractivity contribution in [1.82, 2.24) is 9.97 Å². The minimum Gasteiger partial charge on any atom is -0.254 e. The lowest BCUT2D eigenvalue weighted by atomic mass is 9.82. The highest BCUT2D eigenvalue weighted by molar-refractivity contribution is 6.67. The van der Waals surface area contributed by atoms with Crippen LogP contribution in [0.5, 0.6) is 0 Å². The van der Waals surface area contributed by atoms with E-state index in [4.69, 9.17) is 0 Å². The molecular weight excluding hydrogens is 111 g/mol. The van der Waals surface area contributed by atoms with Crippen LogP contribution in [-0.2, 0) is 0 Å². The van der Waals surface area contributed by atoms with Crippen molar-refractivity contribution in [3.63, 3.8) is 0 Å². The largest absolute Gasteiger partial charge is 0.254 e. The third kappa shape index (κ3) is 0.651. The maximum absolute atomic E-state index is 4.08. The number of rotatable bonds is 0. The van der Waals surface area contributed by atoms with Crippen LogP contribution in [0, 0.1) is 0 Å². The maximum Gasteiger partial charge on any atom is 0.177 e. The molecule has 0 bridgehead atoms. The van der Waals surface area contributed by atoms with Crippen LogP contribution < -0.4 is 10.7 Å². The van der Waals surface area contributed by atoms with Crippen molar-refractivity contribution in [1.29, 1.82) is 0 Å². The van der Waals surface area contributed by atoms with E-state index < -0.39 is 0 Å². The SMILES string of the molecule is [B]1C=c2nccnc2=C1. The second-order valence-corrected chi connectivity index (χ2v) is 1.85. The van der Waals surface area contributed by atoms with Gasteiger partial charge in [-0.05, 0) is 0 Å². The Labute approximate surface area is 53.2 Å². The zero-order valence-electron chi connectivity index (χ0n) is 4.78. The summed E-state index contributed by atoms with van der Waals surface area (Å²) in [5.41, 5.74) is 0. The molecule has 9 heavy (non-hydrogen) atoms. The topological polar surface area (TPSA) is 25.8 Å². The molecule has 3 heteroatoms. The normalized spacial score (nSPS) is 12.9. The van der Waals surface area contributed by atoms with Crippen molar-refractivity contribution >= 4 is 19.2 Å². The fourth-order valence-electron chi connectivity index (χ4n) is 0.847. The molecule has 0 fully saturated rings. The van der Waals surface area contributed by atoms with Crippen LogP contribution in [-0.4, -0.2) is 17.2 Å².